The normalized spacial score (nSPS) is 12.9. The van der Waals surface area contributed by atoms with Gasteiger partial charge in [0, 0.05) is 89.4 Å². The van der Waals surface area contributed by atoms with Gasteiger partial charge in [0.2, 0.25) is 23.6 Å². The second kappa shape index (κ2) is 50.6. The molecule has 1 aliphatic rings. The number of nitrogens with one attached hydrogen (secondary N) is 4. The molecular weight excluding hydrogens is 995 g/mol. The van der Waals surface area contributed by atoms with Gasteiger partial charge in [-0.2, -0.15) is 0 Å². The van der Waals surface area contributed by atoms with Crippen LogP contribution in [0.2, 0.25) is 0 Å². The van der Waals surface area contributed by atoms with E-state index in [-0.39, 0.29) is 86.2 Å². The second-order valence-electron chi connectivity index (χ2n) is 19.5. The number of rotatable bonds is 52. The van der Waals surface area contributed by atoms with E-state index < -0.39 is 24.0 Å². The number of unbranched alkanes of at least 4 members (excludes halogenated alkanes) is 14. The lowest BCUT2D eigenvalue weighted by Crippen LogP contribution is -2.40. The first kappa shape index (κ1) is 72.1. The van der Waals surface area contributed by atoms with Crippen molar-refractivity contribution in [2.45, 2.75) is 220 Å². The Bertz CT molecular complexity index is 1720. The summed E-state index contributed by atoms with van der Waals surface area (Å²) in [4.78, 5) is 109. The van der Waals surface area contributed by atoms with E-state index in [2.05, 4.69) is 26.3 Å². The van der Waals surface area contributed by atoms with Gasteiger partial charge in [0.25, 0.3) is 0 Å². The Kier molecular flexibility index (Phi) is 47.3. The number of aliphatic imine (C=N–C) groups is 1. The average Bonchev–Trinajstić information content (AvgIpc) is 3.92. The largest absolute Gasteiger partial charge is 0.481 e. The highest BCUT2D eigenvalue weighted by Crippen LogP contribution is 2.19. The number of carbonyl (C=O) groups excluding carboxylic acids is 7. The summed E-state index contributed by atoms with van der Waals surface area (Å²) in [6.45, 7) is 9.60. The van der Waals surface area contributed by atoms with Crippen molar-refractivity contribution in [2.75, 3.05) is 65.9 Å². The van der Waals surface area contributed by atoms with Gasteiger partial charge in [0.1, 0.15) is 30.8 Å². The van der Waals surface area contributed by atoms with Crippen molar-refractivity contribution in [3.63, 3.8) is 0 Å². The molecule has 0 aromatic heterocycles. The number of nitrogens with zero attached hydrogens (tertiary/aromatic N) is 1. The molecule has 20 heteroatoms. The minimum atomic E-state index is -0.966. The van der Waals surface area contributed by atoms with E-state index in [1.807, 2.05) is 13.8 Å². The van der Waals surface area contributed by atoms with Crippen LogP contribution in [0.5, 0.6) is 0 Å². The molecule has 0 aromatic carbocycles. The van der Waals surface area contributed by atoms with Crippen LogP contribution in [0, 0.1) is 5.92 Å². The van der Waals surface area contributed by atoms with E-state index in [0.29, 0.717) is 110 Å². The molecule has 0 bridgehead atoms. The van der Waals surface area contributed by atoms with Gasteiger partial charge < -0.3 is 50.4 Å². The fourth-order valence-corrected chi connectivity index (χ4v) is 8.08. The van der Waals surface area contributed by atoms with E-state index >= 15 is 0 Å². The summed E-state index contributed by atoms with van der Waals surface area (Å²) < 4.78 is 21.3. The molecule has 0 radical (unpaired) electrons. The molecule has 0 fully saturated rings. The molecule has 77 heavy (non-hydrogen) atoms. The predicted octanol–water partition coefficient (Wildman–Crippen LogP) is 7.70. The van der Waals surface area contributed by atoms with E-state index in [0.717, 1.165) is 50.5 Å². The maximum atomic E-state index is 12.6. The molecule has 1 rings (SSSR count). The average molecular weight is 1090 g/mol. The molecule has 1 unspecified atom stereocenters. The third-order valence-corrected chi connectivity index (χ3v) is 12.8. The van der Waals surface area contributed by atoms with E-state index in [1.54, 1.807) is 26.3 Å². The highest BCUT2D eigenvalue weighted by Gasteiger charge is 2.22. The molecule has 1 aliphatic heterocycles. The molecule has 20 nitrogen and oxygen atoms in total. The van der Waals surface area contributed by atoms with Crippen LogP contribution >= 0.6 is 0 Å². The summed E-state index contributed by atoms with van der Waals surface area (Å²) in [5.41, 5.74) is 0.909. The van der Waals surface area contributed by atoms with Crippen LogP contribution in [0.3, 0.4) is 0 Å². The van der Waals surface area contributed by atoms with Gasteiger partial charge in [-0.25, -0.2) is 4.79 Å². The molecule has 0 aromatic rings. The van der Waals surface area contributed by atoms with Crippen molar-refractivity contribution in [1.29, 1.82) is 0 Å². The first-order valence-corrected chi connectivity index (χ1v) is 28.8. The first-order chi connectivity index (χ1) is 37.1. The first-order valence-electron chi connectivity index (χ1n) is 28.8. The Labute approximate surface area is 459 Å². The van der Waals surface area contributed by atoms with Crippen molar-refractivity contribution in [3.05, 3.63) is 11.8 Å². The Morgan fingerprint density at radius 3 is 1.60 bits per heavy atom. The van der Waals surface area contributed by atoms with Crippen molar-refractivity contribution < 1.29 is 72.3 Å². The van der Waals surface area contributed by atoms with Crippen molar-refractivity contribution >= 4 is 59.1 Å². The fourth-order valence-electron chi connectivity index (χ4n) is 8.08. The molecule has 3 atom stereocenters. The van der Waals surface area contributed by atoms with Gasteiger partial charge in [-0.3, -0.25) is 43.3 Å². The van der Waals surface area contributed by atoms with Gasteiger partial charge >= 0.3 is 11.9 Å². The molecular formula is C57H99N5O15. The number of ether oxygens (including phenoxy) is 4. The molecule has 4 amide bonds. The number of hydrogen-bond acceptors (Lipinski definition) is 14. The van der Waals surface area contributed by atoms with Crippen LogP contribution in [0.4, 0.5) is 0 Å². The summed E-state index contributed by atoms with van der Waals surface area (Å²) in [5.74, 6) is -2.53. The van der Waals surface area contributed by atoms with Gasteiger partial charge in [-0.15, -0.1) is 0 Å². The third-order valence-electron chi connectivity index (χ3n) is 12.8. The van der Waals surface area contributed by atoms with Crippen LogP contribution in [0.25, 0.3) is 0 Å². The zero-order chi connectivity index (χ0) is 57.2. The lowest BCUT2D eigenvalue weighted by atomic mass is 9.89. The number of carboxylic acid groups (broad SMARTS) is 2. The maximum Gasteiger partial charge on any atom is 0.326 e. The van der Waals surface area contributed by atoms with E-state index in [4.69, 9.17) is 29.2 Å². The summed E-state index contributed by atoms with van der Waals surface area (Å²) >= 11 is 0. The predicted molar refractivity (Wildman–Crippen MR) is 295 cm³/mol. The van der Waals surface area contributed by atoms with Gasteiger partial charge in [-0.05, 0) is 57.4 Å². The number of amides is 4. The van der Waals surface area contributed by atoms with Crippen molar-refractivity contribution in [2.24, 2.45) is 10.9 Å². The summed E-state index contributed by atoms with van der Waals surface area (Å²) in [7, 11) is 0. The number of aliphatic carboxylic acids is 2. The Balaban J connectivity index is 0.00000175. The van der Waals surface area contributed by atoms with Crippen LogP contribution in [0.1, 0.15) is 207 Å². The summed E-state index contributed by atoms with van der Waals surface area (Å²) in [6.07, 6.45) is 26.3. The van der Waals surface area contributed by atoms with Crippen molar-refractivity contribution in [1.82, 2.24) is 21.3 Å². The molecule has 0 saturated carbocycles. The topological polar surface area (TPSA) is 291 Å². The number of ketones is 3. The fraction of sp³-hybridized carbons (Fsp3) is 0.789. The van der Waals surface area contributed by atoms with Gasteiger partial charge in [0.15, 0.2) is 5.78 Å². The van der Waals surface area contributed by atoms with Crippen molar-refractivity contribution in [3.8, 4) is 0 Å². The lowest BCUT2D eigenvalue weighted by molar-refractivity contribution is -0.142. The second-order valence-corrected chi connectivity index (χ2v) is 19.5. The number of carbonyl (C=O) groups is 9. The smallest absolute Gasteiger partial charge is 0.326 e. The molecule has 0 saturated heterocycles. The van der Waals surface area contributed by atoms with Gasteiger partial charge in [0.05, 0.1) is 39.1 Å². The Morgan fingerprint density at radius 1 is 0.532 bits per heavy atom. The minimum absolute atomic E-state index is 0.0775. The number of hydrogen-bond donors (Lipinski definition) is 6. The monoisotopic (exact) mass is 1090 g/mol. The van der Waals surface area contributed by atoms with Crippen LogP contribution < -0.4 is 21.3 Å². The van der Waals surface area contributed by atoms with Crippen LogP contribution in [-0.2, 0) is 62.1 Å². The Hall–Kier alpha value is -4.92. The summed E-state index contributed by atoms with van der Waals surface area (Å²) in [6, 6.07) is -1.38. The highest BCUT2D eigenvalue weighted by molar-refractivity contribution is 5.90. The number of carboxylic acids is 2. The SMILES string of the molecule is CCC(=O)CCCOCCOCC(=O)NCCOCCOCC(=O)NCCCC[C@H](CCC(=O)C(C)NC(=O)CC1=CN=CC1)C(=O)CC.CC[C@H](NC(=O)CCCCCCCCCCCCCCCCC(=O)O)C(=O)O. The molecule has 442 valence electrons. The zero-order valence-electron chi connectivity index (χ0n) is 47.4. The summed E-state index contributed by atoms with van der Waals surface area (Å²) in [5, 5.41) is 28.2. The lowest BCUT2D eigenvalue weighted by Gasteiger charge is -2.17. The number of Topliss-reactive ketones (excluding diaryl/α,β-unsaturated/α-hetero) is 3. The Morgan fingerprint density at radius 2 is 1.08 bits per heavy atom. The standard InChI is InChI=1S/C35H58N4O10.C22H41NO5/c1-4-30(40)10-8-17-46-19-21-48-26-35(45)38-16-18-47-20-22-49-25-34(44)37-14-7-6-9-29(31(41)5-2)11-12-32(42)27(3)39-33(43)23-28-13-15-36-24-28;1-2-19(22(27)28)23-20(24)17-15-13-11-9-7-5-3-4-6-8-10-12-14-16-18-21(25)26/h15,24,27,29H,4-14,16-23,25-26H2,1-3H3,(H,37,44)(H,38,45)(H,39,43);19H,2-18H2,1H3,(H,23,24)(H,25,26)(H,27,28)/t27?,29-;19-/m10/s1. The van der Waals surface area contributed by atoms with Gasteiger partial charge in [-0.1, -0.05) is 104 Å². The van der Waals surface area contributed by atoms with Crippen LogP contribution in [0.15, 0.2) is 16.8 Å². The van der Waals surface area contributed by atoms with E-state index in [9.17, 15) is 43.2 Å². The quantitative estimate of drug-likeness (QED) is 0.0318. The molecule has 6 N–H and O–H groups in total. The molecule has 1 heterocycles. The third kappa shape index (κ3) is 45.8. The molecule has 0 spiro atoms. The zero-order valence-corrected chi connectivity index (χ0v) is 47.4. The highest BCUT2D eigenvalue weighted by atomic mass is 16.5. The maximum absolute atomic E-state index is 12.6. The van der Waals surface area contributed by atoms with Crippen LogP contribution in [-0.4, -0.2) is 147 Å². The molecule has 0 aliphatic carbocycles. The van der Waals surface area contributed by atoms with E-state index in [1.165, 1.54) is 51.4 Å². The minimum Gasteiger partial charge on any atom is -0.481 e.